The molecule has 0 fully saturated rings. The first-order valence-corrected chi connectivity index (χ1v) is 12.0. The minimum Gasteiger partial charge on any atom is -0.372 e. The van der Waals surface area contributed by atoms with Gasteiger partial charge in [-0.15, -0.1) is 0 Å². The van der Waals surface area contributed by atoms with Crippen molar-refractivity contribution >= 4 is 11.4 Å². The molecule has 2 heterocycles. The molecule has 0 saturated carbocycles. The SMILES string of the molecule is Cc1cc(-c2ccc(N(C)CCN(C)c3ccc(-c4cc(C)c(F)c(C)c4)nc3)cn2)cc(C)c1F. The van der Waals surface area contributed by atoms with Crippen molar-refractivity contribution < 1.29 is 8.78 Å². The van der Waals surface area contributed by atoms with Gasteiger partial charge in [-0.25, -0.2) is 8.78 Å². The van der Waals surface area contributed by atoms with E-state index in [4.69, 9.17) is 0 Å². The highest BCUT2D eigenvalue weighted by Crippen LogP contribution is 2.26. The number of hydrogen-bond acceptors (Lipinski definition) is 4. The summed E-state index contributed by atoms with van der Waals surface area (Å²) in [5, 5.41) is 0. The molecule has 0 spiro atoms. The number of halogens is 2. The molecule has 0 aliphatic heterocycles. The maximum atomic E-state index is 14.0. The maximum absolute atomic E-state index is 14.0. The van der Waals surface area contributed by atoms with Crippen LogP contribution in [0.1, 0.15) is 22.3 Å². The highest BCUT2D eigenvalue weighted by Gasteiger charge is 2.11. The van der Waals surface area contributed by atoms with Crippen LogP contribution in [0.4, 0.5) is 20.2 Å². The van der Waals surface area contributed by atoms with Gasteiger partial charge in [-0.3, -0.25) is 9.97 Å². The molecule has 36 heavy (non-hydrogen) atoms. The van der Waals surface area contributed by atoms with Crippen molar-refractivity contribution in [3.8, 4) is 22.5 Å². The van der Waals surface area contributed by atoms with Crippen molar-refractivity contribution in [1.82, 2.24) is 9.97 Å². The molecule has 0 amide bonds. The number of aryl methyl sites for hydroxylation is 4. The summed E-state index contributed by atoms with van der Waals surface area (Å²) in [4.78, 5) is 13.5. The fourth-order valence-corrected chi connectivity index (χ4v) is 4.31. The molecule has 0 bridgehead atoms. The highest BCUT2D eigenvalue weighted by molar-refractivity contribution is 5.64. The fraction of sp³-hybridized carbons (Fsp3) is 0.267. The highest BCUT2D eigenvalue weighted by atomic mass is 19.1. The second-order valence-corrected chi connectivity index (χ2v) is 9.49. The zero-order chi connectivity index (χ0) is 26.0. The third kappa shape index (κ3) is 5.38. The lowest BCUT2D eigenvalue weighted by Gasteiger charge is -2.25. The summed E-state index contributed by atoms with van der Waals surface area (Å²) in [6.07, 6.45) is 3.71. The third-order valence-corrected chi connectivity index (χ3v) is 6.61. The molecule has 0 saturated heterocycles. The Morgan fingerprint density at radius 3 is 1.19 bits per heavy atom. The summed E-state index contributed by atoms with van der Waals surface area (Å²) >= 11 is 0. The second kappa shape index (κ2) is 10.4. The minimum absolute atomic E-state index is 0.162. The summed E-state index contributed by atoms with van der Waals surface area (Å²) in [6.45, 7) is 8.70. The van der Waals surface area contributed by atoms with Gasteiger partial charge in [0, 0.05) is 38.3 Å². The van der Waals surface area contributed by atoms with E-state index in [9.17, 15) is 8.78 Å². The van der Waals surface area contributed by atoms with Gasteiger partial charge in [0.05, 0.1) is 35.2 Å². The number of nitrogens with zero attached hydrogens (tertiary/aromatic N) is 4. The number of anilines is 2. The van der Waals surface area contributed by atoms with Crippen LogP contribution >= 0.6 is 0 Å². The van der Waals surface area contributed by atoms with E-state index in [1.165, 1.54) is 0 Å². The van der Waals surface area contributed by atoms with E-state index in [1.54, 1.807) is 27.7 Å². The summed E-state index contributed by atoms with van der Waals surface area (Å²) in [6, 6.07) is 15.4. The monoisotopic (exact) mass is 486 g/mol. The van der Waals surface area contributed by atoms with Crippen LogP contribution in [0.3, 0.4) is 0 Å². The van der Waals surface area contributed by atoms with Crippen molar-refractivity contribution in [1.29, 1.82) is 0 Å². The van der Waals surface area contributed by atoms with Gasteiger partial charge in [0.25, 0.3) is 0 Å². The van der Waals surface area contributed by atoms with Gasteiger partial charge in [-0.05, 0) is 98.5 Å². The summed E-state index contributed by atoms with van der Waals surface area (Å²) < 4.78 is 27.9. The zero-order valence-electron chi connectivity index (χ0n) is 21.7. The van der Waals surface area contributed by atoms with Crippen LogP contribution in [-0.4, -0.2) is 37.2 Å². The van der Waals surface area contributed by atoms with Crippen LogP contribution in [-0.2, 0) is 0 Å². The normalized spacial score (nSPS) is 11.0. The Morgan fingerprint density at radius 2 is 0.917 bits per heavy atom. The molecule has 2 aromatic heterocycles. The number of likely N-dealkylation sites (N-methyl/N-ethyl adjacent to an activating group) is 2. The van der Waals surface area contributed by atoms with Gasteiger partial charge in [-0.1, -0.05) is 0 Å². The van der Waals surface area contributed by atoms with Gasteiger partial charge in [0.2, 0.25) is 0 Å². The van der Waals surface area contributed by atoms with Gasteiger partial charge in [-0.2, -0.15) is 0 Å². The van der Waals surface area contributed by atoms with Crippen molar-refractivity contribution in [2.24, 2.45) is 0 Å². The number of pyridine rings is 2. The lowest BCUT2D eigenvalue weighted by molar-refractivity contribution is 0.609. The predicted octanol–water partition coefficient (Wildman–Crippen LogP) is 6.90. The third-order valence-electron chi connectivity index (χ3n) is 6.61. The molecule has 0 radical (unpaired) electrons. The molecular weight excluding hydrogens is 454 g/mol. The molecule has 186 valence electrons. The average molecular weight is 487 g/mol. The van der Waals surface area contributed by atoms with Gasteiger partial charge in [0.15, 0.2) is 0 Å². The van der Waals surface area contributed by atoms with Crippen LogP contribution in [0.2, 0.25) is 0 Å². The largest absolute Gasteiger partial charge is 0.372 e. The summed E-state index contributed by atoms with van der Waals surface area (Å²) in [7, 11) is 4.08. The van der Waals surface area contributed by atoms with E-state index in [2.05, 4.69) is 19.8 Å². The van der Waals surface area contributed by atoms with Crippen LogP contribution in [0.15, 0.2) is 60.9 Å². The molecule has 0 N–H and O–H groups in total. The number of benzene rings is 2. The van der Waals surface area contributed by atoms with E-state index in [0.717, 1.165) is 47.0 Å². The van der Waals surface area contributed by atoms with Crippen LogP contribution in [0.5, 0.6) is 0 Å². The van der Waals surface area contributed by atoms with E-state index in [1.807, 2.05) is 75.0 Å². The predicted molar refractivity (Wildman–Crippen MR) is 145 cm³/mol. The van der Waals surface area contributed by atoms with Crippen LogP contribution in [0, 0.1) is 39.3 Å². The lowest BCUT2D eigenvalue weighted by atomic mass is 10.0. The Labute approximate surface area is 212 Å². The number of rotatable bonds is 7. The molecule has 0 aliphatic rings. The Balaban J connectivity index is 1.38. The first kappa shape index (κ1) is 25.3. The standard InChI is InChI=1S/C30H32F2N4/c1-19-13-23(14-20(2)29(19)31)27-9-7-25(17-33-27)35(5)11-12-36(6)26-8-10-28(34-18-26)24-15-21(3)30(32)22(4)16-24/h7-10,13-18H,11-12H2,1-6H3. The van der Waals surface area contributed by atoms with Crippen molar-refractivity contribution in [3.63, 3.8) is 0 Å². The molecule has 0 aliphatic carbocycles. The molecule has 4 nitrogen and oxygen atoms in total. The molecule has 6 heteroatoms. The van der Waals surface area contributed by atoms with E-state index >= 15 is 0 Å². The Bertz CT molecular complexity index is 1210. The number of aromatic nitrogens is 2. The van der Waals surface area contributed by atoms with Gasteiger partial charge in [0.1, 0.15) is 11.6 Å². The summed E-state index contributed by atoms with van der Waals surface area (Å²) in [5.41, 5.74) is 8.02. The Hall–Kier alpha value is -3.80. The molecule has 4 aromatic rings. The second-order valence-electron chi connectivity index (χ2n) is 9.49. The lowest BCUT2D eigenvalue weighted by Crippen LogP contribution is -2.30. The van der Waals surface area contributed by atoms with Crippen LogP contribution < -0.4 is 9.80 Å². The van der Waals surface area contributed by atoms with Gasteiger partial charge < -0.3 is 9.80 Å². The molecule has 0 atom stereocenters. The minimum atomic E-state index is -0.162. The molecular formula is C30H32F2N4. The van der Waals surface area contributed by atoms with E-state index < -0.39 is 0 Å². The average Bonchev–Trinajstić information content (AvgIpc) is 2.88. The van der Waals surface area contributed by atoms with Crippen LogP contribution in [0.25, 0.3) is 22.5 Å². The first-order chi connectivity index (χ1) is 17.1. The zero-order valence-corrected chi connectivity index (χ0v) is 21.7. The number of hydrogen-bond donors (Lipinski definition) is 0. The summed E-state index contributed by atoms with van der Waals surface area (Å²) in [5.74, 6) is -0.325. The van der Waals surface area contributed by atoms with Gasteiger partial charge >= 0.3 is 0 Å². The smallest absolute Gasteiger partial charge is 0.129 e. The van der Waals surface area contributed by atoms with E-state index in [-0.39, 0.29) is 11.6 Å². The van der Waals surface area contributed by atoms with Crippen molar-refractivity contribution in [2.45, 2.75) is 27.7 Å². The first-order valence-electron chi connectivity index (χ1n) is 12.0. The topological polar surface area (TPSA) is 32.3 Å². The van der Waals surface area contributed by atoms with E-state index in [0.29, 0.717) is 22.3 Å². The Kier molecular flexibility index (Phi) is 7.34. The Morgan fingerprint density at radius 1 is 0.583 bits per heavy atom. The molecule has 2 aromatic carbocycles. The fourth-order valence-electron chi connectivity index (χ4n) is 4.31. The van der Waals surface area contributed by atoms with Crippen molar-refractivity contribution in [3.05, 3.63) is 94.8 Å². The molecule has 4 rings (SSSR count). The quantitative estimate of drug-likeness (QED) is 0.285. The molecule has 0 unspecified atom stereocenters. The maximum Gasteiger partial charge on any atom is 0.129 e. The van der Waals surface area contributed by atoms with Crippen molar-refractivity contribution in [2.75, 3.05) is 37.0 Å².